The van der Waals surface area contributed by atoms with Crippen LogP contribution in [0.4, 0.5) is 0 Å². The standard InChI is InChI=1S/C8H6N2O.BrH/c11-5-7-3-6-4-9-2-1-8(6)10-7;/h1-5,10H;1H. The van der Waals surface area contributed by atoms with Crippen LogP contribution in [-0.4, -0.2) is 16.3 Å². The van der Waals surface area contributed by atoms with Crippen molar-refractivity contribution in [1.29, 1.82) is 0 Å². The Morgan fingerprint density at radius 2 is 2.33 bits per heavy atom. The Morgan fingerprint density at radius 3 is 3.00 bits per heavy atom. The fourth-order valence-corrected chi connectivity index (χ4v) is 1.06. The number of rotatable bonds is 1. The first-order valence-electron chi connectivity index (χ1n) is 3.28. The van der Waals surface area contributed by atoms with E-state index in [0.29, 0.717) is 5.69 Å². The van der Waals surface area contributed by atoms with Crippen LogP contribution in [0.3, 0.4) is 0 Å². The summed E-state index contributed by atoms with van der Waals surface area (Å²) in [7, 11) is 0. The molecule has 2 aromatic rings. The van der Waals surface area contributed by atoms with Gasteiger partial charge in [-0.3, -0.25) is 9.78 Å². The van der Waals surface area contributed by atoms with Crippen molar-refractivity contribution in [3.05, 3.63) is 30.2 Å². The average molecular weight is 227 g/mol. The first-order chi connectivity index (χ1) is 5.40. The molecule has 0 aliphatic carbocycles. The number of aldehydes is 1. The van der Waals surface area contributed by atoms with E-state index >= 15 is 0 Å². The molecule has 0 spiro atoms. The summed E-state index contributed by atoms with van der Waals surface area (Å²) < 4.78 is 0. The van der Waals surface area contributed by atoms with Crippen molar-refractivity contribution < 1.29 is 4.79 Å². The molecule has 0 atom stereocenters. The summed E-state index contributed by atoms with van der Waals surface area (Å²) in [5.74, 6) is 0. The van der Waals surface area contributed by atoms with Crippen molar-refractivity contribution in [3.63, 3.8) is 0 Å². The Kier molecular flexibility index (Phi) is 2.60. The van der Waals surface area contributed by atoms with E-state index in [1.807, 2.05) is 6.07 Å². The van der Waals surface area contributed by atoms with Gasteiger partial charge < -0.3 is 4.98 Å². The number of halogens is 1. The number of aromatic amines is 1. The SMILES string of the molecule is Br.O=Cc1cc2cnccc2[nH]1. The Hall–Kier alpha value is -1.16. The fraction of sp³-hybridized carbons (Fsp3) is 0. The number of nitrogens with one attached hydrogen (secondary N) is 1. The molecule has 0 aliphatic rings. The molecule has 0 radical (unpaired) electrons. The zero-order valence-electron chi connectivity index (χ0n) is 6.15. The van der Waals surface area contributed by atoms with Gasteiger partial charge in [0.25, 0.3) is 0 Å². The van der Waals surface area contributed by atoms with Crippen LogP contribution in [0.25, 0.3) is 10.9 Å². The van der Waals surface area contributed by atoms with Gasteiger partial charge in [-0.15, -0.1) is 17.0 Å². The molecule has 1 N–H and O–H groups in total. The molecule has 0 bridgehead atoms. The molecule has 0 unspecified atom stereocenters. The molecule has 0 saturated heterocycles. The third kappa shape index (κ3) is 1.38. The van der Waals surface area contributed by atoms with E-state index in [1.165, 1.54) is 0 Å². The number of hydrogen-bond acceptors (Lipinski definition) is 2. The smallest absolute Gasteiger partial charge is 0.166 e. The van der Waals surface area contributed by atoms with E-state index in [4.69, 9.17) is 0 Å². The molecule has 2 heterocycles. The van der Waals surface area contributed by atoms with Gasteiger partial charge in [0.05, 0.1) is 5.69 Å². The molecule has 2 rings (SSSR count). The second kappa shape index (κ2) is 3.49. The van der Waals surface area contributed by atoms with Crippen LogP contribution < -0.4 is 0 Å². The molecular weight excluding hydrogens is 220 g/mol. The third-order valence-corrected chi connectivity index (χ3v) is 1.57. The van der Waals surface area contributed by atoms with Gasteiger partial charge in [-0.25, -0.2) is 0 Å². The highest BCUT2D eigenvalue weighted by Gasteiger charge is 1.96. The maximum absolute atomic E-state index is 10.3. The van der Waals surface area contributed by atoms with Crippen LogP contribution in [-0.2, 0) is 0 Å². The van der Waals surface area contributed by atoms with Gasteiger partial charge in [0.15, 0.2) is 6.29 Å². The fourth-order valence-electron chi connectivity index (χ4n) is 1.06. The number of H-pyrrole nitrogens is 1. The second-order valence-electron chi connectivity index (χ2n) is 2.31. The monoisotopic (exact) mass is 226 g/mol. The van der Waals surface area contributed by atoms with E-state index in [-0.39, 0.29) is 17.0 Å². The van der Waals surface area contributed by atoms with E-state index in [0.717, 1.165) is 17.2 Å². The molecular formula is C8H7BrN2O. The minimum absolute atomic E-state index is 0. The predicted molar refractivity (Wildman–Crippen MR) is 51.8 cm³/mol. The number of carbonyl (C=O) groups is 1. The molecule has 0 aliphatic heterocycles. The zero-order valence-corrected chi connectivity index (χ0v) is 7.86. The highest BCUT2D eigenvalue weighted by atomic mass is 79.9. The van der Waals surface area contributed by atoms with Crippen LogP contribution in [0.2, 0.25) is 0 Å². The van der Waals surface area contributed by atoms with Crippen molar-refractivity contribution in [3.8, 4) is 0 Å². The van der Waals surface area contributed by atoms with E-state index in [2.05, 4.69) is 9.97 Å². The summed E-state index contributed by atoms with van der Waals surface area (Å²) in [6.07, 6.45) is 4.20. The Bertz CT molecular complexity index is 364. The third-order valence-electron chi connectivity index (χ3n) is 1.57. The highest BCUT2D eigenvalue weighted by Crippen LogP contribution is 2.11. The maximum Gasteiger partial charge on any atom is 0.166 e. The number of carbonyl (C=O) groups excluding carboxylic acids is 1. The van der Waals surface area contributed by atoms with Crippen LogP contribution in [0, 0.1) is 0 Å². The lowest BCUT2D eigenvalue weighted by atomic mass is 10.3. The largest absolute Gasteiger partial charge is 0.352 e. The lowest BCUT2D eigenvalue weighted by Crippen LogP contribution is -1.74. The van der Waals surface area contributed by atoms with Crippen molar-refractivity contribution >= 4 is 34.2 Å². The lowest BCUT2D eigenvalue weighted by molar-refractivity contribution is 0.112. The predicted octanol–water partition coefficient (Wildman–Crippen LogP) is 1.95. The molecule has 2 aromatic heterocycles. The first kappa shape index (κ1) is 8.93. The first-order valence-corrected chi connectivity index (χ1v) is 3.28. The van der Waals surface area contributed by atoms with Crippen molar-refractivity contribution in [2.24, 2.45) is 0 Å². The molecule has 0 aromatic carbocycles. The number of hydrogen-bond donors (Lipinski definition) is 1. The van der Waals surface area contributed by atoms with Gasteiger partial charge in [-0.05, 0) is 12.1 Å². The van der Waals surface area contributed by atoms with Crippen LogP contribution in [0.5, 0.6) is 0 Å². The molecule has 0 amide bonds. The lowest BCUT2D eigenvalue weighted by Gasteiger charge is -1.82. The van der Waals surface area contributed by atoms with Crippen molar-refractivity contribution in [1.82, 2.24) is 9.97 Å². The summed E-state index contributed by atoms with van der Waals surface area (Å²) in [6, 6.07) is 3.61. The molecule has 12 heavy (non-hydrogen) atoms. The summed E-state index contributed by atoms with van der Waals surface area (Å²) >= 11 is 0. The van der Waals surface area contributed by atoms with E-state index < -0.39 is 0 Å². The molecule has 4 heteroatoms. The van der Waals surface area contributed by atoms with Gasteiger partial charge >= 0.3 is 0 Å². The minimum Gasteiger partial charge on any atom is -0.352 e. The zero-order chi connectivity index (χ0) is 7.68. The van der Waals surface area contributed by atoms with Crippen LogP contribution >= 0.6 is 17.0 Å². The van der Waals surface area contributed by atoms with Gasteiger partial charge in [0, 0.05) is 23.3 Å². The quantitative estimate of drug-likeness (QED) is 0.756. The summed E-state index contributed by atoms with van der Waals surface area (Å²) in [5, 5.41) is 0.967. The van der Waals surface area contributed by atoms with Gasteiger partial charge in [0.1, 0.15) is 0 Å². The second-order valence-corrected chi connectivity index (χ2v) is 2.31. The number of fused-ring (bicyclic) bond motifs is 1. The summed E-state index contributed by atoms with van der Waals surface area (Å²) in [5.41, 5.74) is 1.54. The highest BCUT2D eigenvalue weighted by molar-refractivity contribution is 8.93. The minimum atomic E-state index is 0. The Labute approximate surface area is 79.6 Å². The molecule has 3 nitrogen and oxygen atoms in total. The molecule has 62 valence electrons. The number of aromatic nitrogens is 2. The van der Waals surface area contributed by atoms with Gasteiger partial charge in [-0.2, -0.15) is 0 Å². The normalized spacial score (nSPS) is 9.33. The molecule has 0 saturated carbocycles. The average Bonchev–Trinajstić information content (AvgIpc) is 2.46. The van der Waals surface area contributed by atoms with Gasteiger partial charge in [-0.1, -0.05) is 0 Å². The summed E-state index contributed by atoms with van der Waals surface area (Å²) in [6.45, 7) is 0. The summed E-state index contributed by atoms with van der Waals surface area (Å²) in [4.78, 5) is 17.2. The van der Waals surface area contributed by atoms with Crippen LogP contribution in [0.15, 0.2) is 24.5 Å². The topological polar surface area (TPSA) is 45.8 Å². The maximum atomic E-state index is 10.3. The van der Waals surface area contributed by atoms with Crippen LogP contribution in [0.1, 0.15) is 10.5 Å². The number of nitrogens with zero attached hydrogens (tertiary/aromatic N) is 1. The van der Waals surface area contributed by atoms with Gasteiger partial charge in [0.2, 0.25) is 0 Å². The molecule has 0 fully saturated rings. The van der Waals surface area contributed by atoms with Crippen molar-refractivity contribution in [2.75, 3.05) is 0 Å². The Morgan fingerprint density at radius 1 is 1.50 bits per heavy atom. The van der Waals surface area contributed by atoms with E-state index in [1.54, 1.807) is 18.5 Å². The van der Waals surface area contributed by atoms with Crippen molar-refractivity contribution in [2.45, 2.75) is 0 Å². The van der Waals surface area contributed by atoms with E-state index in [9.17, 15) is 4.79 Å². The number of pyridine rings is 1. The Balaban J connectivity index is 0.000000720.